The fourth-order valence-corrected chi connectivity index (χ4v) is 2.93. The minimum Gasteiger partial charge on any atom is -0.481 e. The number of aliphatic carboxylic acids is 1. The van der Waals surface area contributed by atoms with Crippen LogP contribution in [0.2, 0.25) is 0 Å². The number of ether oxygens (including phenoxy) is 1. The zero-order chi connectivity index (χ0) is 14.5. The number of carboxylic acid groups (broad SMARTS) is 1. The highest BCUT2D eigenvalue weighted by atomic mass is 16.5. The molecule has 6 heteroatoms. The fourth-order valence-electron chi connectivity index (χ4n) is 2.93. The number of piperidine rings is 1. The first-order chi connectivity index (χ1) is 9.58. The van der Waals surface area contributed by atoms with Crippen molar-refractivity contribution in [3.8, 4) is 0 Å². The predicted molar refractivity (Wildman–Crippen MR) is 73.3 cm³/mol. The third-order valence-electron chi connectivity index (χ3n) is 4.26. The van der Waals surface area contributed by atoms with Crippen LogP contribution in [0, 0.1) is 11.8 Å². The van der Waals surface area contributed by atoms with Crippen molar-refractivity contribution in [3.05, 3.63) is 0 Å². The van der Waals surface area contributed by atoms with E-state index in [2.05, 4.69) is 12.2 Å². The number of carbonyl (C=O) groups excluding carboxylic acids is 1. The summed E-state index contributed by atoms with van der Waals surface area (Å²) in [5.74, 6) is -0.0571. The van der Waals surface area contributed by atoms with Gasteiger partial charge in [0.15, 0.2) is 0 Å². The van der Waals surface area contributed by atoms with Crippen LogP contribution in [0.3, 0.4) is 0 Å². The number of likely N-dealkylation sites (tertiary alicyclic amines) is 1. The Hall–Kier alpha value is -1.14. The molecule has 0 aromatic carbocycles. The van der Waals surface area contributed by atoms with Crippen LogP contribution >= 0.6 is 0 Å². The van der Waals surface area contributed by atoms with Crippen molar-refractivity contribution in [2.75, 3.05) is 32.8 Å². The van der Waals surface area contributed by atoms with Gasteiger partial charge in [0.25, 0.3) is 0 Å². The molecule has 2 N–H and O–H groups in total. The lowest BCUT2D eigenvalue weighted by molar-refractivity contribution is -0.139. The summed E-state index contributed by atoms with van der Waals surface area (Å²) in [5.41, 5.74) is 0. The number of nitrogens with zero attached hydrogens (tertiary/aromatic N) is 1. The molecule has 2 aliphatic heterocycles. The van der Waals surface area contributed by atoms with Crippen LogP contribution in [-0.4, -0.2) is 60.8 Å². The predicted octanol–water partition coefficient (Wildman–Crippen LogP) is 0.324. The molecule has 6 nitrogen and oxygen atoms in total. The first-order valence-corrected chi connectivity index (χ1v) is 7.41. The summed E-state index contributed by atoms with van der Waals surface area (Å²) in [4.78, 5) is 24.7. The monoisotopic (exact) mass is 284 g/mol. The van der Waals surface area contributed by atoms with Crippen molar-refractivity contribution < 1.29 is 19.4 Å². The maximum absolute atomic E-state index is 12.4. The molecule has 114 valence electrons. The van der Waals surface area contributed by atoms with Crippen molar-refractivity contribution in [1.29, 1.82) is 0 Å². The third kappa shape index (κ3) is 3.93. The van der Waals surface area contributed by atoms with Gasteiger partial charge in [-0.1, -0.05) is 6.92 Å². The number of hydrogen-bond donors (Lipinski definition) is 2. The van der Waals surface area contributed by atoms with Gasteiger partial charge in [-0.15, -0.1) is 0 Å². The molecule has 0 spiro atoms. The number of carboxylic acids is 1. The summed E-state index contributed by atoms with van der Waals surface area (Å²) < 4.78 is 5.54. The topological polar surface area (TPSA) is 78.9 Å². The van der Waals surface area contributed by atoms with Gasteiger partial charge in [0.05, 0.1) is 25.0 Å². The van der Waals surface area contributed by atoms with Gasteiger partial charge in [0.1, 0.15) is 0 Å². The number of nitrogens with one attached hydrogen (secondary N) is 1. The van der Waals surface area contributed by atoms with Crippen LogP contribution in [0.15, 0.2) is 0 Å². The molecule has 2 atom stereocenters. The van der Waals surface area contributed by atoms with E-state index in [1.165, 1.54) is 0 Å². The minimum absolute atomic E-state index is 0.0460. The molecular weight excluding hydrogens is 260 g/mol. The number of hydrogen-bond acceptors (Lipinski definition) is 4. The number of amides is 1. The second-order valence-corrected chi connectivity index (χ2v) is 5.78. The summed E-state index contributed by atoms with van der Waals surface area (Å²) in [6.07, 6.45) is 1.75. The normalized spacial score (nSPS) is 27.8. The molecule has 2 rings (SSSR count). The fraction of sp³-hybridized carbons (Fsp3) is 0.857. The lowest BCUT2D eigenvalue weighted by Crippen LogP contribution is -2.45. The summed E-state index contributed by atoms with van der Waals surface area (Å²) in [7, 11) is 0. The Balaban J connectivity index is 1.71. The van der Waals surface area contributed by atoms with E-state index in [0.717, 1.165) is 39.0 Å². The summed E-state index contributed by atoms with van der Waals surface area (Å²) in [5, 5.41) is 11.8. The molecular formula is C14H24N2O4. The van der Waals surface area contributed by atoms with Gasteiger partial charge in [0, 0.05) is 19.6 Å². The van der Waals surface area contributed by atoms with Gasteiger partial charge in [-0.2, -0.15) is 0 Å². The largest absolute Gasteiger partial charge is 0.481 e. The second kappa shape index (κ2) is 7.04. The van der Waals surface area contributed by atoms with Crippen LogP contribution in [-0.2, 0) is 14.3 Å². The second-order valence-electron chi connectivity index (χ2n) is 5.78. The Morgan fingerprint density at radius 3 is 2.55 bits per heavy atom. The maximum atomic E-state index is 12.4. The van der Waals surface area contributed by atoms with Crippen LogP contribution in [0.1, 0.15) is 26.2 Å². The molecule has 2 saturated heterocycles. The van der Waals surface area contributed by atoms with Crippen LogP contribution in [0.25, 0.3) is 0 Å². The quantitative estimate of drug-likeness (QED) is 0.760. The van der Waals surface area contributed by atoms with E-state index >= 15 is 0 Å². The van der Waals surface area contributed by atoms with Gasteiger partial charge in [-0.25, -0.2) is 0 Å². The Bertz CT molecular complexity index is 353. The lowest BCUT2D eigenvalue weighted by Gasteiger charge is -2.34. The molecule has 1 amide bonds. The molecule has 0 aromatic rings. The molecule has 0 aliphatic carbocycles. The Morgan fingerprint density at radius 2 is 2.00 bits per heavy atom. The van der Waals surface area contributed by atoms with E-state index in [1.54, 1.807) is 0 Å². The van der Waals surface area contributed by atoms with Gasteiger partial charge in [-0.05, 0) is 25.3 Å². The van der Waals surface area contributed by atoms with E-state index < -0.39 is 5.97 Å². The molecule has 0 bridgehead atoms. The van der Waals surface area contributed by atoms with Gasteiger partial charge in [0.2, 0.25) is 5.91 Å². The molecule has 2 heterocycles. The summed E-state index contributed by atoms with van der Waals surface area (Å²) in [6.45, 7) is 5.53. The Labute approximate surface area is 119 Å². The smallest absolute Gasteiger partial charge is 0.305 e. The highest BCUT2D eigenvalue weighted by Gasteiger charge is 2.34. The molecule has 2 fully saturated rings. The minimum atomic E-state index is -0.833. The average Bonchev–Trinajstić information content (AvgIpc) is 2.84. The zero-order valence-electron chi connectivity index (χ0n) is 12.0. The molecule has 2 aliphatic rings. The number of rotatable bonds is 5. The summed E-state index contributed by atoms with van der Waals surface area (Å²) in [6, 6.07) is 0. The molecule has 0 radical (unpaired) electrons. The van der Waals surface area contributed by atoms with Gasteiger partial charge < -0.3 is 20.1 Å². The van der Waals surface area contributed by atoms with E-state index in [1.807, 2.05) is 4.90 Å². The van der Waals surface area contributed by atoms with Gasteiger partial charge in [-0.3, -0.25) is 9.59 Å². The van der Waals surface area contributed by atoms with E-state index in [0.29, 0.717) is 5.92 Å². The SMILES string of the molecule is CC1CNCC1C(=O)N1CCC(OCCC(=O)O)CC1. The number of carbonyl (C=O) groups is 2. The van der Waals surface area contributed by atoms with Crippen LogP contribution in [0.4, 0.5) is 0 Å². The third-order valence-corrected chi connectivity index (χ3v) is 4.26. The van der Waals surface area contributed by atoms with Gasteiger partial charge >= 0.3 is 5.97 Å². The zero-order valence-corrected chi connectivity index (χ0v) is 12.0. The van der Waals surface area contributed by atoms with E-state index in [-0.39, 0.29) is 31.0 Å². The van der Waals surface area contributed by atoms with Crippen molar-refractivity contribution in [2.45, 2.75) is 32.3 Å². The first-order valence-electron chi connectivity index (χ1n) is 7.41. The highest BCUT2D eigenvalue weighted by Crippen LogP contribution is 2.22. The van der Waals surface area contributed by atoms with Crippen molar-refractivity contribution in [2.24, 2.45) is 11.8 Å². The van der Waals surface area contributed by atoms with Crippen LogP contribution < -0.4 is 5.32 Å². The first kappa shape index (κ1) is 15.3. The van der Waals surface area contributed by atoms with E-state index in [4.69, 9.17) is 9.84 Å². The lowest BCUT2D eigenvalue weighted by atomic mass is 9.95. The molecule has 20 heavy (non-hydrogen) atoms. The van der Waals surface area contributed by atoms with E-state index in [9.17, 15) is 9.59 Å². The average molecular weight is 284 g/mol. The van der Waals surface area contributed by atoms with Crippen LogP contribution in [0.5, 0.6) is 0 Å². The molecule has 0 aromatic heterocycles. The van der Waals surface area contributed by atoms with Crippen molar-refractivity contribution in [3.63, 3.8) is 0 Å². The Morgan fingerprint density at radius 1 is 1.30 bits per heavy atom. The summed E-state index contributed by atoms with van der Waals surface area (Å²) >= 11 is 0. The standard InChI is InChI=1S/C14H24N2O4/c1-10-8-15-9-12(10)14(19)16-5-2-11(3-6-16)20-7-4-13(17)18/h10-12,15H,2-9H2,1H3,(H,17,18). The molecule has 0 saturated carbocycles. The maximum Gasteiger partial charge on any atom is 0.305 e. The van der Waals surface area contributed by atoms with Crippen molar-refractivity contribution in [1.82, 2.24) is 10.2 Å². The van der Waals surface area contributed by atoms with Crippen molar-refractivity contribution >= 4 is 11.9 Å². The highest BCUT2D eigenvalue weighted by molar-refractivity contribution is 5.79. The molecule has 2 unspecified atom stereocenters. The Kier molecular flexibility index (Phi) is 5.37.